The predicted molar refractivity (Wildman–Crippen MR) is 77.6 cm³/mol. The van der Waals surface area contributed by atoms with Gasteiger partial charge in [0, 0.05) is 12.6 Å². The van der Waals surface area contributed by atoms with Crippen molar-refractivity contribution in [3.63, 3.8) is 0 Å². The number of carbonyl (C=O) groups is 1. The minimum atomic E-state index is -0.701. The highest BCUT2D eigenvalue weighted by atomic mass is 16.4. The average Bonchev–Trinajstić information content (AvgIpc) is 3.30. The monoisotopic (exact) mass is 275 g/mol. The second-order valence-electron chi connectivity index (χ2n) is 5.13. The Morgan fingerprint density at radius 2 is 2.10 bits per heavy atom. The third-order valence-corrected chi connectivity index (χ3v) is 3.53. The van der Waals surface area contributed by atoms with Gasteiger partial charge >= 0.3 is 0 Å². The van der Waals surface area contributed by atoms with Crippen molar-refractivity contribution in [3.05, 3.63) is 35.9 Å². The Morgan fingerprint density at radius 3 is 2.60 bits per heavy atom. The molecule has 0 heterocycles. The summed E-state index contributed by atoms with van der Waals surface area (Å²) >= 11 is 0. The van der Waals surface area contributed by atoms with E-state index in [1.54, 1.807) is 0 Å². The fraction of sp³-hybridized carbons (Fsp3) is 0.467. The van der Waals surface area contributed by atoms with Crippen LogP contribution in [0.4, 0.5) is 0 Å². The van der Waals surface area contributed by atoms with Crippen LogP contribution in [0.2, 0.25) is 0 Å². The lowest BCUT2D eigenvalue weighted by molar-refractivity contribution is -0.131. The van der Waals surface area contributed by atoms with Crippen molar-refractivity contribution in [2.24, 2.45) is 10.9 Å². The molecular formula is C15H21N3O2. The number of amidine groups is 1. The van der Waals surface area contributed by atoms with Crippen molar-refractivity contribution in [3.8, 4) is 0 Å². The minimum Gasteiger partial charge on any atom is -0.409 e. The van der Waals surface area contributed by atoms with Crippen molar-refractivity contribution in [2.45, 2.75) is 38.1 Å². The number of nitrogens with two attached hydrogens (primary N) is 1. The zero-order valence-corrected chi connectivity index (χ0v) is 11.7. The molecule has 1 atom stereocenters. The van der Waals surface area contributed by atoms with Crippen molar-refractivity contribution in [2.75, 3.05) is 6.54 Å². The van der Waals surface area contributed by atoms with Crippen LogP contribution in [0, 0.1) is 0 Å². The van der Waals surface area contributed by atoms with Crippen LogP contribution in [0.25, 0.3) is 0 Å². The van der Waals surface area contributed by atoms with Gasteiger partial charge in [0.15, 0.2) is 5.84 Å². The van der Waals surface area contributed by atoms with E-state index >= 15 is 0 Å². The normalized spacial score (nSPS) is 16.8. The molecule has 1 aliphatic rings. The maximum Gasteiger partial charge on any atom is 0.238 e. The Kier molecular flexibility index (Phi) is 4.61. The number of carbonyl (C=O) groups excluding carboxylic acids is 1. The standard InChI is InChI=1S/C15H21N3O2/c1-2-10-18(12-8-9-12)15(19)13(14(16)17-20)11-6-4-3-5-7-11/h3-7,12-13,20H,2,8-10H2,1H3,(H2,16,17). The summed E-state index contributed by atoms with van der Waals surface area (Å²) < 4.78 is 0. The first-order valence-electron chi connectivity index (χ1n) is 7.01. The van der Waals surface area contributed by atoms with E-state index in [0.29, 0.717) is 12.6 Å². The molecule has 5 nitrogen and oxygen atoms in total. The summed E-state index contributed by atoms with van der Waals surface area (Å²) in [5.41, 5.74) is 6.52. The molecule has 1 fully saturated rings. The van der Waals surface area contributed by atoms with E-state index in [2.05, 4.69) is 5.16 Å². The number of amides is 1. The summed E-state index contributed by atoms with van der Waals surface area (Å²) in [5, 5.41) is 12.0. The summed E-state index contributed by atoms with van der Waals surface area (Å²) in [5.74, 6) is -0.827. The van der Waals surface area contributed by atoms with Crippen LogP contribution < -0.4 is 5.73 Å². The first-order chi connectivity index (χ1) is 9.69. The Morgan fingerprint density at radius 1 is 1.45 bits per heavy atom. The van der Waals surface area contributed by atoms with Crippen LogP contribution in [0.15, 0.2) is 35.5 Å². The van der Waals surface area contributed by atoms with Crippen LogP contribution >= 0.6 is 0 Å². The molecule has 0 bridgehead atoms. The van der Waals surface area contributed by atoms with Gasteiger partial charge in [-0.2, -0.15) is 0 Å². The molecule has 1 aliphatic carbocycles. The van der Waals surface area contributed by atoms with Gasteiger partial charge in [-0.1, -0.05) is 42.4 Å². The molecule has 1 aromatic rings. The molecule has 1 unspecified atom stereocenters. The molecule has 0 radical (unpaired) electrons. The molecule has 0 spiro atoms. The lowest BCUT2D eigenvalue weighted by atomic mass is 9.96. The second-order valence-corrected chi connectivity index (χ2v) is 5.13. The van der Waals surface area contributed by atoms with E-state index in [4.69, 9.17) is 10.9 Å². The summed E-state index contributed by atoms with van der Waals surface area (Å²) in [4.78, 5) is 14.6. The summed E-state index contributed by atoms with van der Waals surface area (Å²) in [6, 6.07) is 9.56. The van der Waals surface area contributed by atoms with Gasteiger partial charge in [-0.25, -0.2) is 0 Å². The molecule has 1 saturated carbocycles. The topological polar surface area (TPSA) is 78.9 Å². The molecule has 20 heavy (non-hydrogen) atoms. The predicted octanol–water partition coefficient (Wildman–Crippen LogP) is 1.92. The second kappa shape index (κ2) is 6.41. The van der Waals surface area contributed by atoms with Crippen LogP contribution in [0.1, 0.15) is 37.7 Å². The Hall–Kier alpha value is -2.04. The Bertz CT molecular complexity index is 483. The minimum absolute atomic E-state index is 0.0528. The lowest BCUT2D eigenvalue weighted by Gasteiger charge is -2.26. The summed E-state index contributed by atoms with van der Waals surface area (Å²) in [6.45, 7) is 2.76. The Labute approximate surface area is 119 Å². The zero-order chi connectivity index (χ0) is 14.5. The van der Waals surface area contributed by atoms with Crippen molar-refractivity contribution in [1.29, 1.82) is 0 Å². The van der Waals surface area contributed by atoms with Gasteiger partial charge in [-0.05, 0) is 24.8 Å². The van der Waals surface area contributed by atoms with Crippen LogP contribution in [-0.2, 0) is 4.79 Å². The molecular weight excluding hydrogens is 254 g/mol. The number of benzene rings is 1. The third kappa shape index (κ3) is 3.10. The first-order valence-corrected chi connectivity index (χ1v) is 7.01. The lowest BCUT2D eigenvalue weighted by Crippen LogP contribution is -2.42. The van der Waals surface area contributed by atoms with Gasteiger partial charge < -0.3 is 15.8 Å². The molecule has 2 rings (SSSR count). The highest BCUT2D eigenvalue weighted by Crippen LogP contribution is 2.30. The highest BCUT2D eigenvalue weighted by Gasteiger charge is 2.37. The third-order valence-electron chi connectivity index (χ3n) is 3.53. The van der Waals surface area contributed by atoms with Gasteiger partial charge in [-0.3, -0.25) is 4.79 Å². The number of hydrogen-bond donors (Lipinski definition) is 2. The Balaban J connectivity index is 2.28. The SMILES string of the molecule is CCCN(C(=O)C(C(N)=NO)c1ccccc1)C1CC1. The fourth-order valence-corrected chi connectivity index (χ4v) is 2.41. The van der Waals surface area contributed by atoms with Gasteiger partial charge in [0.2, 0.25) is 5.91 Å². The molecule has 3 N–H and O–H groups in total. The van der Waals surface area contributed by atoms with Gasteiger partial charge in [0.1, 0.15) is 5.92 Å². The van der Waals surface area contributed by atoms with Gasteiger partial charge in [0.25, 0.3) is 0 Å². The molecule has 108 valence electrons. The highest BCUT2D eigenvalue weighted by molar-refractivity contribution is 6.07. The van der Waals surface area contributed by atoms with E-state index in [0.717, 1.165) is 24.8 Å². The van der Waals surface area contributed by atoms with E-state index < -0.39 is 5.92 Å². The number of hydrogen-bond acceptors (Lipinski definition) is 3. The van der Waals surface area contributed by atoms with Crippen molar-refractivity contribution < 1.29 is 10.0 Å². The van der Waals surface area contributed by atoms with E-state index in [1.165, 1.54) is 0 Å². The average molecular weight is 275 g/mol. The quantitative estimate of drug-likeness (QED) is 0.360. The fourth-order valence-electron chi connectivity index (χ4n) is 2.41. The first kappa shape index (κ1) is 14.4. The molecule has 5 heteroatoms. The van der Waals surface area contributed by atoms with E-state index in [9.17, 15) is 4.79 Å². The summed E-state index contributed by atoms with van der Waals surface area (Å²) in [7, 11) is 0. The van der Waals surface area contributed by atoms with E-state index in [1.807, 2.05) is 42.2 Å². The summed E-state index contributed by atoms with van der Waals surface area (Å²) in [6.07, 6.45) is 2.99. The van der Waals surface area contributed by atoms with Crippen molar-refractivity contribution >= 4 is 11.7 Å². The van der Waals surface area contributed by atoms with Gasteiger partial charge in [0.05, 0.1) is 0 Å². The molecule has 0 aliphatic heterocycles. The number of rotatable bonds is 6. The molecule has 1 amide bonds. The maximum atomic E-state index is 12.8. The van der Waals surface area contributed by atoms with Crippen molar-refractivity contribution in [1.82, 2.24) is 4.90 Å². The molecule has 0 aromatic heterocycles. The van der Waals surface area contributed by atoms with Gasteiger partial charge in [-0.15, -0.1) is 0 Å². The maximum absolute atomic E-state index is 12.8. The number of nitrogens with zero attached hydrogens (tertiary/aromatic N) is 2. The molecule has 1 aromatic carbocycles. The van der Waals surface area contributed by atoms with Crippen LogP contribution in [-0.4, -0.2) is 34.4 Å². The smallest absolute Gasteiger partial charge is 0.238 e. The van der Waals surface area contributed by atoms with E-state index in [-0.39, 0.29) is 11.7 Å². The van der Waals surface area contributed by atoms with Crippen LogP contribution in [0.3, 0.4) is 0 Å². The largest absolute Gasteiger partial charge is 0.409 e. The number of oxime groups is 1. The zero-order valence-electron chi connectivity index (χ0n) is 11.7. The molecule has 0 saturated heterocycles. The van der Waals surface area contributed by atoms with Crippen LogP contribution in [0.5, 0.6) is 0 Å².